The predicted octanol–water partition coefficient (Wildman–Crippen LogP) is -0.645. The Morgan fingerprint density at radius 1 is 1.75 bits per heavy atom. The molecule has 1 aliphatic heterocycles. The zero-order chi connectivity index (χ0) is 8.97. The summed E-state index contributed by atoms with van der Waals surface area (Å²) >= 11 is 0. The van der Waals surface area contributed by atoms with E-state index in [-0.39, 0.29) is 6.09 Å². The number of carbonyl (C=O) groups excluding carboxylic acids is 2. The van der Waals surface area contributed by atoms with E-state index >= 15 is 0 Å². The van der Waals surface area contributed by atoms with Gasteiger partial charge in [-0.3, -0.25) is 0 Å². The molecule has 1 rings (SSSR count). The zero-order valence-corrected chi connectivity index (χ0v) is 6.73. The van der Waals surface area contributed by atoms with Gasteiger partial charge in [0.25, 0.3) is 0 Å². The second-order valence-electron chi connectivity index (χ2n) is 2.69. The number of amides is 1. The fourth-order valence-corrected chi connectivity index (χ4v) is 1.00. The van der Waals surface area contributed by atoms with Crippen LogP contribution in [0.25, 0.3) is 0 Å². The van der Waals surface area contributed by atoms with Crippen molar-refractivity contribution >= 4 is 12.4 Å². The molecule has 12 heavy (non-hydrogen) atoms. The summed E-state index contributed by atoms with van der Waals surface area (Å²) in [5.41, 5.74) is 5.35. The van der Waals surface area contributed by atoms with E-state index in [1.165, 1.54) is 0 Å². The molecule has 5 nitrogen and oxygen atoms in total. The van der Waals surface area contributed by atoms with Crippen molar-refractivity contribution in [2.45, 2.75) is 12.5 Å². The van der Waals surface area contributed by atoms with Gasteiger partial charge in [0.1, 0.15) is 12.9 Å². The SMILES string of the molecule is N[C@H](C=O)CCN1CCOC1=O. The Morgan fingerprint density at radius 3 is 3.00 bits per heavy atom. The number of carbonyl (C=O) groups is 2. The van der Waals surface area contributed by atoms with Gasteiger partial charge in [-0.1, -0.05) is 0 Å². The molecule has 0 aromatic carbocycles. The lowest BCUT2D eigenvalue weighted by atomic mass is 10.2. The van der Waals surface area contributed by atoms with Gasteiger partial charge in [0.2, 0.25) is 0 Å². The molecule has 1 fully saturated rings. The van der Waals surface area contributed by atoms with E-state index in [4.69, 9.17) is 5.73 Å². The van der Waals surface area contributed by atoms with Crippen LogP contribution in [-0.4, -0.2) is 43.0 Å². The monoisotopic (exact) mass is 172 g/mol. The number of aldehydes is 1. The fourth-order valence-electron chi connectivity index (χ4n) is 1.00. The zero-order valence-electron chi connectivity index (χ0n) is 6.73. The largest absolute Gasteiger partial charge is 0.448 e. The first-order chi connectivity index (χ1) is 5.74. The molecule has 0 bridgehead atoms. The van der Waals surface area contributed by atoms with Crippen molar-refractivity contribution in [2.24, 2.45) is 5.73 Å². The quantitative estimate of drug-likeness (QED) is 0.572. The molecule has 0 unspecified atom stereocenters. The van der Waals surface area contributed by atoms with Crippen LogP contribution in [0.1, 0.15) is 6.42 Å². The Bertz CT molecular complexity index is 183. The molecule has 1 atom stereocenters. The van der Waals surface area contributed by atoms with Crippen LogP contribution in [-0.2, 0) is 9.53 Å². The highest BCUT2D eigenvalue weighted by atomic mass is 16.6. The van der Waals surface area contributed by atoms with E-state index in [0.717, 1.165) is 0 Å². The normalized spacial score (nSPS) is 19.1. The molecule has 0 aliphatic carbocycles. The van der Waals surface area contributed by atoms with Gasteiger partial charge in [0.15, 0.2) is 0 Å². The maximum absolute atomic E-state index is 10.8. The summed E-state index contributed by atoms with van der Waals surface area (Å²) < 4.78 is 4.69. The Kier molecular flexibility index (Phi) is 3.04. The lowest BCUT2D eigenvalue weighted by molar-refractivity contribution is -0.109. The van der Waals surface area contributed by atoms with Crippen LogP contribution in [0.3, 0.4) is 0 Å². The molecule has 1 saturated heterocycles. The predicted molar refractivity (Wildman–Crippen MR) is 41.6 cm³/mol. The summed E-state index contributed by atoms with van der Waals surface area (Å²) in [6, 6.07) is -0.474. The third-order valence-electron chi connectivity index (χ3n) is 1.75. The van der Waals surface area contributed by atoms with Crippen molar-refractivity contribution in [3.05, 3.63) is 0 Å². The first-order valence-corrected chi connectivity index (χ1v) is 3.86. The molecule has 0 aromatic heterocycles. The Hall–Kier alpha value is -1.10. The van der Waals surface area contributed by atoms with E-state index in [9.17, 15) is 9.59 Å². The summed E-state index contributed by atoms with van der Waals surface area (Å²) in [6.45, 7) is 1.54. The molecule has 1 aliphatic rings. The minimum Gasteiger partial charge on any atom is -0.448 e. The number of cyclic esters (lactones) is 1. The van der Waals surface area contributed by atoms with Gasteiger partial charge in [-0.05, 0) is 6.42 Å². The van der Waals surface area contributed by atoms with Crippen LogP contribution in [0.15, 0.2) is 0 Å². The number of nitrogens with zero attached hydrogens (tertiary/aromatic N) is 1. The summed E-state index contributed by atoms with van der Waals surface area (Å²) in [5.74, 6) is 0. The standard InChI is InChI=1S/C7H12N2O3/c8-6(5-10)1-2-9-3-4-12-7(9)11/h5-6H,1-4,8H2/t6-/m0/s1. The summed E-state index contributed by atoms with van der Waals surface area (Å²) in [6.07, 6.45) is 0.869. The molecule has 0 aromatic rings. The Balaban J connectivity index is 2.22. The maximum atomic E-state index is 10.8. The average Bonchev–Trinajstić information content (AvgIpc) is 2.47. The number of hydrogen-bond donors (Lipinski definition) is 1. The van der Waals surface area contributed by atoms with Gasteiger partial charge in [0, 0.05) is 6.54 Å². The molecule has 5 heteroatoms. The maximum Gasteiger partial charge on any atom is 0.409 e. The van der Waals surface area contributed by atoms with Crippen molar-refractivity contribution in [2.75, 3.05) is 19.7 Å². The van der Waals surface area contributed by atoms with Crippen molar-refractivity contribution in [3.8, 4) is 0 Å². The van der Waals surface area contributed by atoms with Crippen LogP contribution < -0.4 is 5.73 Å². The topological polar surface area (TPSA) is 72.6 Å². The molecule has 1 heterocycles. The van der Waals surface area contributed by atoms with Crippen molar-refractivity contribution in [1.82, 2.24) is 4.90 Å². The first-order valence-electron chi connectivity index (χ1n) is 3.86. The van der Waals surface area contributed by atoms with Crippen LogP contribution in [0.5, 0.6) is 0 Å². The Morgan fingerprint density at radius 2 is 2.50 bits per heavy atom. The molecule has 1 amide bonds. The summed E-state index contributed by atoms with van der Waals surface area (Å²) in [4.78, 5) is 22.5. The fraction of sp³-hybridized carbons (Fsp3) is 0.714. The summed E-state index contributed by atoms with van der Waals surface area (Å²) in [5, 5.41) is 0. The molecular formula is C7H12N2O3. The van der Waals surface area contributed by atoms with Gasteiger partial charge in [0.05, 0.1) is 12.6 Å². The lowest BCUT2D eigenvalue weighted by Crippen LogP contribution is -2.31. The second-order valence-corrected chi connectivity index (χ2v) is 2.69. The van der Waals surface area contributed by atoms with Crippen LogP contribution in [0.4, 0.5) is 4.79 Å². The highest BCUT2D eigenvalue weighted by Gasteiger charge is 2.21. The molecule has 0 spiro atoms. The third kappa shape index (κ3) is 2.20. The number of nitrogens with two attached hydrogens (primary N) is 1. The van der Waals surface area contributed by atoms with Crippen molar-refractivity contribution in [1.29, 1.82) is 0 Å². The minimum absolute atomic E-state index is 0.312. The molecule has 0 saturated carbocycles. The van der Waals surface area contributed by atoms with E-state index in [0.29, 0.717) is 32.4 Å². The van der Waals surface area contributed by atoms with Crippen LogP contribution >= 0.6 is 0 Å². The van der Waals surface area contributed by atoms with E-state index in [1.54, 1.807) is 4.90 Å². The third-order valence-corrected chi connectivity index (χ3v) is 1.75. The van der Waals surface area contributed by atoms with E-state index in [2.05, 4.69) is 4.74 Å². The van der Waals surface area contributed by atoms with Gasteiger partial charge < -0.3 is 20.2 Å². The molecular weight excluding hydrogens is 160 g/mol. The van der Waals surface area contributed by atoms with Gasteiger partial charge in [-0.2, -0.15) is 0 Å². The number of hydrogen-bond acceptors (Lipinski definition) is 4. The average molecular weight is 172 g/mol. The highest BCUT2D eigenvalue weighted by Crippen LogP contribution is 2.03. The van der Waals surface area contributed by atoms with Crippen LogP contribution in [0, 0.1) is 0 Å². The van der Waals surface area contributed by atoms with Crippen molar-refractivity contribution in [3.63, 3.8) is 0 Å². The lowest BCUT2D eigenvalue weighted by Gasteiger charge is -2.12. The van der Waals surface area contributed by atoms with Crippen LogP contribution in [0.2, 0.25) is 0 Å². The molecule has 0 radical (unpaired) electrons. The van der Waals surface area contributed by atoms with Gasteiger partial charge in [-0.15, -0.1) is 0 Å². The number of ether oxygens (including phenoxy) is 1. The summed E-state index contributed by atoms with van der Waals surface area (Å²) in [7, 11) is 0. The molecule has 2 N–H and O–H groups in total. The smallest absolute Gasteiger partial charge is 0.409 e. The highest BCUT2D eigenvalue weighted by molar-refractivity contribution is 5.69. The number of rotatable bonds is 4. The first kappa shape index (κ1) is 8.99. The van der Waals surface area contributed by atoms with E-state index in [1.807, 2.05) is 0 Å². The Labute approximate surface area is 70.5 Å². The van der Waals surface area contributed by atoms with Crippen molar-refractivity contribution < 1.29 is 14.3 Å². The minimum atomic E-state index is -0.474. The van der Waals surface area contributed by atoms with Gasteiger partial charge in [-0.25, -0.2) is 4.79 Å². The second kappa shape index (κ2) is 4.06. The van der Waals surface area contributed by atoms with E-state index < -0.39 is 6.04 Å². The van der Waals surface area contributed by atoms with Gasteiger partial charge >= 0.3 is 6.09 Å². The molecule has 68 valence electrons.